The van der Waals surface area contributed by atoms with Crippen LogP contribution in [0.4, 0.5) is 10.1 Å². The van der Waals surface area contributed by atoms with Gasteiger partial charge in [0.25, 0.3) is 0 Å². The summed E-state index contributed by atoms with van der Waals surface area (Å²) in [6, 6.07) is 2.33. The van der Waals surface area contributed by atoms with Crippen molar-refractivity contribution in [1.82, 2.24) is 0 Å². The van der Waals surface area contributed by atoms with Crippen molar-refractivity contribution >= 4 is 45.0 Å². The highest BCUT2D eigenvalue weighted by Crippen LogP contribution is 2.44. The van der Waals surface area contributed by atoms with Gasteiger partial charge in [-0.15, -0.1) is 0 Å². The first kappa shape index (κ1) is 14.0. The van der Waals surface area contributed by atoms with Crippen LogP contribution < -0.4 is 4.90 Å². The molecule has 1 aliphatic carbocycles. The summed E-state index contributed by atoms with van der Waals surface area (Å²) in [6.45, 7) is 0. The summed E-state index contributed by atoms with van der Waals surface area (Å²) in [7, 11) is 0. The van der Waals surface area contributed by atoms with Crippen molar-refractivity contribution in [2.24, 2.45) is 11.8 Å². The fraction of sp³-hybridized carbons (Fsp3) is 0.429. The van der Waals surface area contributed by atoms with E-state index in [0.29, 0.717) is 4.47 Å². The summed E-state index contributed by atoms with van der Waals surface area (Å²) < 4.78 is 13.6. The molecular weight excluding hydrogens is 349 g/mol. The highest BCUT2D eigenvalue weighted by atomic mass is 79.9. The van der Waals surface area contributed by atoms with Crippen LogP contribution in [-0.4, -0.2) is 11.8 Å². The van der Waals surface area contributed by atoms with E-state index in [0.717, 1.165) is 36.6 Å². The first-order valence-corrected chi connectivity index (χ1v) is 7.70. The first-order valence-electron chi connectivity index (χ1n) is 6.53. The summed E-state index contributed by atoms with van der Waals surface area (Å²) in [5, 5.41) is 0.0669. The molecule has 1 saturated heterocycles. The van der Waals surface area contributed by atoms with Gasteiger partial charge in [-0.3, -0.25) is 9.59 Å². The predicted octanol–water partition coefficient (Wildman–Crippen LogP) is 3.92. The number of rotatable bonds is 1. The van der Waals surface area contributed by atoms with Crippen LogP contribution in [0.1, 0.15) is 25.7 Å². The number of hydrogen-bond donors (Lipinski definition) is 0. The molecule has 0 N–H and O–H groups in total. The number of imide groups is 1. The molecule has 1 heterocycles. The van der Waals surface area contributed by atoms with Gasteiger partial charge < -0.3 is 0 Å². The van der Waals surface area contributed by atoms with Crippen LogP contribution in [0.5, 0.6) is 0 Å². The van der Waals surface area contributed by atoms with Crippen LogP contribution in [0, 0.1) is 17.7 Å². The number of halogens is 3. The second-order valence-corrected chi connectivity index (χ2v) is 6.49. The minimum atomic E-state index is -0.512. The highest BCUT2D eigenvalue weighted by molar-refractivity contribution is 9.10. The number of carbonyl (C=O) groups excluding carboxylic acids is 2. The average Bonchev–Trinajstić information content (AvgIpc) is 2.64. The van der Waals surface area contributed by atoms with Crippen molar-refractivity contribution in [3.05, 3.63) is 27.4 Å². The van der Waals surface area contributed by atoms with E-state index in [-0.39, 0.29) is 34.4 Å². The lowest BCUT2D eigenvalue weighted by Gasteiger charge is -2.19. The molecule has 106 valence electrons. The summed E-state index contributed by atoms with van der Waals surface area (Å²) in [5.41, 5.74) is 0.262. The Balaban J connectivity index is 2.06. The second-order valence-electron chi connectivity index (χ2n) is 5.23. The molecule has 1 aromatic rings. The lowest BCUT2D eigenvalue weighted by Crippen LogP contribution is -2.31. The third-order valence-electron chi connectivity index (χ3n) is 4.05. The fourth-order valence-corrected chi connectivity index (χ4v) is 4.15. The van der Waals surface area contributed by atoms with Crippen molar-refractivity contribution in [2.75, 3.05) is 4.90 Å². The maximum Gasteiger partial charge on any atom is 0.237 e. The van der Waals surface area contributed by atoms with E-state index in [1.165, 1.54) is 6.07 Å². The zero-order valence-corrected chi connectivity index (χ0v) is 12.9. The molecule has 0 aromatic heterocycles. The number of carbonyl (C=O) groups is 2. The Kier molecular flexibility index (Phi) is 3.58. The zero-order valence-electron chi connectivity index (χ0n) is 10.5. The highest BCUT2D eigenvalue weighted by Gasteiger charge is 2.49. The third-order valence-corrected chi connectivity index (χ3v) is 4.94. The van der Waals surface area contributed by atoms with Gasteiger partial charge in [-0.2, -0.15) is 0 Å². The largest absolute Gasteiger partial charge is 0.274 e. The molecule has 3 nitrogen and oxygen atoms in total. The molecule has 2 aliphatic rings. The molecule has 0 spiro atoms. The molecule has 20 heavy (non-hydrogen) atoms. The van der Waals surface area contributed by atoms with Gasteiger partial charge in [0.05, 0.1) is 22.5 Å². The number of hydrogen-bond acceptors (Lipinski definition) is 2. The smallest absolute Gasteiger partial charge is 0.237 e. The van der Waals surface area contributed by atoms with E-state index < -0.39 is 5.82 Å². The topological polar surface area (TPSA) is 37.4 Å². The minimum absolute atomic E-state index is 0.0669. The number of benzene rings is 1. The molecule has 2 fully saturated rings. The summed E-state index contributed by atoms with van der Waals surface area (Å²) in [5.74, 6) is -1.43. The van der Waals surface area contributed by atoms with Gasteiger partial charge in [0.15, 0.2) is 0 Å². The normalized spacial score (nSPS) is 26.1. The molecule has 0 bridgehead atoms. The summed E-state index contributed by atoms with van der Waals surface area (Å²) in [6.07, 6.45) is 3.41. The van der Waals surface area contributed by atoms with Crippen LogP contribution >= 0.6 is 27.5 Å². The molecule has 1 aliphatic heterocycles. The maximum absolute atomic E-state index is 13.3. The molecule has 2 unspecified atom stereocenters. The van der Waals surface area contributed by atoms with Gasteiger partial charge in [0.2, 0.25) is 11.8 Å². The molecule has 1 aromatic carbocycles. The standard InChI is InChI=1S/C14H12BrClFNO2/c15-10-5-7(17)6-11(16)12(10)18-13(19)8-3-1-2-4-9(8)14(18)20/h5-6,8-9H,1-4H2. The average molecular weight is 361 g/mol. The van der Waals surface area contributed by atoms with Gasteiger partial charge in [-0.25, -0.2) is 9.29 Å². The molecule has 6 heteroatoms. The Morgan fingerprint density at radius 2 is 1.70 bits per heavy atom. The molecule has 3 rings (SSSR count). The van der Waals surface area contributed by atoms with Crippen molar-refractivity contribution in [1.29, 1.82) is 0 Å². The van der Waals surface area contributed by atoms with Gasteiger partial charge >= 0.3 is 0 Å². The Morgan fingerprint density at radius 1 is 1.15 bits per heavy atom. The number of nitrogens with zero attached hydrogens (tertiary/aromatic N) is 1. The molecular formula is C14H12BrClFNO2. The summed E-state index contributed by atoms with van der Waals surface area (Å²) >= 11 is 9.22. The van der Waals surface area contributed by atoms with Crippen molar-refractivity contribution < 1.29 is 14.0 Å². The van der Waals surface area contributed by atoms with E-state index >= 15 is 0 Å². The van der Waals surface area contributed by atoms with Crippen molar-refractivity contribution in [3.63, 3.8) is 0 Å². The molecule has 1 saturated carbocycles. The van der Waals surface area contributed by atoms with Crippen molar-refractivity contribution in [3.8, 4) is 0 Å². The van der Waals surface area contributed by atoms with Crippen LogP contribution in [0.3, 0.4) is 0 Å². The molecule has 0 radical (unpaired) electrons. The van der Waals surface area contributed by atoms with Gasteiger partial charge in [-0.05, 0) is 40.9 Å². The van der Waals surface area contributed by atoms with E-state index in [4.69, 9.17) is 11.6 Å². The van der Waals surface area contributed by atoms with Crippen LogP contribution in [0.15, 0.2) is 16.6 Å². The minimum Gasteiger partial charge on any atom is -0.274 e. The Morgan fingerprint density at radius 3 is 2.20 bits per heavy atom. The third kappa shape index (κ3) is 2.07. The fourth-order valence-electron chi connectivity index (χ4n) is 3.13. The van der Waals surface area contributed by atoms with Gasteiger partial charge in [-0.1, -0.05) is 24.4 Å². The predicted molar refractivity (Wildman–Crippen MR) is 77.1 cm³/mol. The van der Waals surface area contributed by atoms with Crippen LogP contribution in [-0.2, 0) is 9.59 Å². The monoisotopic (exact) mass is 359 g/mol. The van der Waals surface area contributed by atoms with E-state index in [2.05, 4.69) is 15.9 Å². The maximum atomic E-state index is 13.3. The Bertz CT molecular complexity index is 560. The lowest BCUT2D eigenvalue weighted by molar-refractivity contribution is -0.122. The second kappa shape index (κ2) is 5.11. The summed E-state index contributed by atoms with van der Waals surface area (Å²) in [4.78, 5) is 26.1. The lowest BCUT2D eigenvalue weighted by atomic mass is 9.81. The van der Waals surface area contributed by atoms with Crippen molar-refractivity contribution in [2.45, 2.75) is 25.7 Å². The Labute approximate surface area is 129 Å². The number of amides is 2. The Hall–Kier alpha value is -0.940. The van der Waals surface area contributed by atoms with Gasteiger partial charge in [0, 0.05) is 4.47 Å². The number of fused-ring (bicyclic) bond motifs is 1. The first-order chi connectivity index (χ1) is 9.50. The van der Waals surface area contributed by atoms with E-state index in [1.807, 2.05) is 0 Å². The molecule has 2 amide bonds. The zero-order chi connectivity index (χ0) is 14.4. The van der Waals surface area contributed by atoms with E-state index in [1.54, 1.807) is 0 Å². The van der Waals surface area contributed by atoms with Gasteiger partial charge in [0.1, 0.15) is 5.82 Å². The molecule has 2 atom stereocenters. The quantitative estimate of drug-likeness (QED) is 0.712. The van der Waals surface area contributed by atoms with E-state index in [9.17, 15) is 14.0 Å². The van der Waals surface area contributed by atoms with Crippen LogP contribution in [0.25, 0.3) is 0 Å². The number of anilines is 1. The van der Waals surface area contributed by atoms with Crippen LogP contribution in [0.2, 0.25) is 5.02 Å². The SMILES string of the molecule is O=C1C2CCCCC2C(=O)N1c1c(Cl)cc(F)cc1Br.